The minimum atomic E-state index is -1.09. The molecule has 0 radical (unpaired) electrons. The van der Waals surface area contributed by atoms with Crippen LogP contribution in [-0.4, -0.2) is 76.0 Å². The van der Waals surface area contributed by atoms with Crippen molar-refractivity contribution in [3.05, 3.63) is 77.4 Å². The summed E-state index contributed by atoms with van der Waals surface area (Å²) in [5, 5.41) is 0. The van der Waals surface area contributed by atoms with Gasteiger partial charge in [0.15, 0.2) is 35.2 Å². The SMILES string of the molecule is COc1cc(C[C@@H](COC(C)=O)[C@H](COC(C)=O)Cc2ccc(O[C@H](COC(C)=O)[C@H](OC(C)=O)c3ccc(OC(C)=O)c(OC)c3)cc2)ccc1OC(C)=O. The average molecular weight is 781 g/mol. The minimum Gasteiger partial charge on any atom is -0.493 e. The van der Waals surface area contributed by atoms with Crippen LogP contribution in [-0.2, 0) is 60.6 Å². The molecule has 0 saturated carbocycles. The largest absolute Gasteiger partial charge is 0.493 e. The van der Waals surface area contributed by atoms with Crippen molar-refractivity contribution in [3.8, 4) is 28.7 Å². The smallest absolute Gasteiger partial charge is 0.308 e. The van der Waals surface area contributed by atoms with Crippen LogP contribution in [0.2, 0.25) is 0 Å². The molecule has 302 valence electrons. The second kappa shape index (κ2) is 21.7. The van der Waals surface area contributed by atoms with E-state index < -0.39 is 48.0 Å². The highest BCUT2D eigenvalue weighted by Crippen LogP contribution is 2.35. The first kappa shape index (κ1) is 44.3. The molecule has 0 aliphatic carbocycles. The van der Waals surface area contributed by atoms with E-state index in [4.69, 9.17) is 42.6 Å². The first-order valence-electron chi connectivity index (χ1n) is 17.6. The average Bonchev–Trinajstić information content (AvgIpc) is 3.13. The quantitative estimate of drug-likeness (QED) is 0.0815. The van der Waals surface area contributed by atoms with Crippen LogP contribution >= 0.6 is 0 Å². The van der Waals surface area contributed by atoms with Crippen LogP contribution in [0.1, 0.15) is 64.3 Å². The Morgan fingerprint density at radius 3 is 1.45 bits per heavy atom. The van der Waals surface area contributed by atoms with Crippen LogP contribution in [0, 0.1) is 11.8 Å². The maximum atomic E-state index is 12.3. The lowest BCUT2D eigenvalue weighted by Gasteiger charge is -2.28. The van der Waals surface area contributed by atoms with E-state index in [1.165, 1.54) is 67.9 Å². The maximum Gasteiger partial charge on any atom is 0.308 e. The second-order valence-corrected chi connectivity index (χ2v) is 12.7. The van der Waals surface area contributed by atoms with Gasteiger partial charge in [0.2, 0.25) is 0 Å². The van der Waals surface area contributed by atoms with E-state index in [0.29, 0.717) is 29.9 Å². The molecule has 0 aromatic heterocycles. The molecule has 56 heavy (non-hydrogen) atoms. The van der Waals surface area contributed by atoms with Gasteiger partial charge in [-0.2, -0.15) is 0 Å². The number of carbonyl (C=O) groups excluding carboxylic acids is 6. The van der Waals surface area contributed by atoms with E-state index in [-0.39, 0.29) is 48.9 Å². The van der Waals surface area contributed by atoms with Crippen molar-refractivity contribution in [2.45, 2.75) is 66.6 Å². The molecular weight excluding hydrogens is 732 g/mol. The third-order valence-electron chi connectivity index (χ3n) is 8.21. The summed E-state index contributed by atoms with van der Waals surface area (Å²) in [6, 6.07) is 16.7. The summed E-state index contributed by atoms with van der Waals surface area (Å²) in [5.41, 5.74) is 2.03. The van der Waals surface area contributed by atoms with Crippen LogP contribution < -0.4 is 23.7 Å². The molecule has 0 unspecified atom stereocenters. The number of esters is 6. The summed E-state index contributed by atoms with van der Waals surface area (Å²) in [5.74, 6) is -2.60. The highest BCUT2D eigenvalue weighted by atomic mass is 16.6. The number of rotatable bonds is 20. The Labute approximate surface area is 325 Å². The van der Waals surface area contributed by atoms with E-state index >= 15 is 0 Å². The maximum absolute atomic E-state index is 12.3. The fraction of sp³-hybridized carbons (Fsp3) is 0.415. The highest BCUT2D eigenvalue weighted by molar-refractivity contribution is 5.71. The lowest BCUT2D eigenvalue weighted by molar-refractivity contribution is -0.157. The number of hydrogen-bond donors (Lipinski definition) is 0. The number of hydrogen-bond acceptors (Lipinski definition) is 15. The van der Waals surface area contributed by atoms with E-state index in [1.54, 1.807) is 48.5 Å². The van der Waals surface area contributed by atoms with Crippen LogP contribution in [0.15, 0.2) is 60.7 Å². The zero-order valence-corrected chi connectivity index (χ0v) is 32.7. The molecule has 3 aromatic rings. The zero-order chi connectivity index (χ0) is 41.4. The summed E-state index contributed by atoms with van der Waals surface area (Å²) in [6.07, 6.45) is -1.35. The van der Waals surface area contributed by atoms with Crippen molar-refractivity contribution < 1.29 is 71.4 Å². The number of carbonyl (C=O) groups is 6. The molecule has 0 fully saturated rings. The first-order valence-corrected chi connectivity index (χ1v) is 17.6. The molecule has 15 heteroatoms. The molecule has 0 heterocycles. The fourth-order valence-electron chi connectivity index (χ4n) is 5.76. The van der Waals surface area contributed by atoms with Gasteiger partial charge in [-0.1, -0.05) is 24.3 Å². The molecule has 3 rings (SSSR count). The van der Waals surface area contributed by atoms with Crippen molar-refractivity contribution in [1.29, 1.82) is 0 Å². The third-order valence-corrected chi connectivity index (χ3v) is 8.21. The molecule has 4 atom stereocenters. The minimum absolute atomic E-state index is 0.0242. The van der Waals surface area contributed by atoms with Gasteiger partial charge in [0, 0.05) is 58.9 Å². The Balaban J connectivity index is 1.94. The number of benzene rings is 3. The van der Waals surface area contributed by atoms with Gasteiger partial charge in [0.25, 0.3) is 0 Å². The fourth-order valence-corrected chi connectivity index (χ4v) is 5.76. The van der Waals surface area contributed by atoms with Gasteiger partial charge < -0.3 is 42.6 Å². The molecule has 0 aliphatic heterocycles. The van der Waals surface area contributed by atoms with Crippen molar-refractivity contribution in [1.82, 2.24) is 0 Å². The molecule has 3 aromatic carbocycles. The van der Waals surface area contributed by atoms with Gasteiger partial charge in [-0.15, -0.1) is 0 Å². The van der Waals surface area contributed by atoms with Gasteiger partial charge in [0.1, 0.15) is 12.4 Å². The molecule has 0 N–H and O–H groups in total. The Hall–Kier alpha value is -6.12. The van der Waals surface area contributed by atoms with E-state index in [0.717, 1.165) is 11.1 Å². The van der Waals surface area contributed by atoms with Crippen molar-refractivity contribution in [2.75, 3.05) is 34.0 Å². The molecule has 15 nitrogen and oxygen atoms in total. The third kappa shape index (κ3) is 14.6. The predicted molar refractivity (Wildman–Crippen MR) is 198 cm³/mol. The Bertz CT molecular complexity index is 1830. The van der Waals surface area contributed by atoms with Crippen LogP contribution in [0.3, 0.4) is 0 Å². The van der Waals surface area contributed by atoms with Crippen molar-refractivity contribution in [2.24, 2.45) is 11.8 Å². The molecular formula is C41H48O15. The number of methoxy groups -OCH3 is 2. The molecule has 0 saturated heterocycles. The van der Waals surface area contributed by atoms with Crippen LogP contribution in [0.25, 0.3) is 0 Å². The summed E-state index contributed by atoms with van der Waals surface area (Å²) in [7, 11) is 2.84. The summed E-state index contributed by atoms with van der Waals surface area (Å²) in [4.78, 5) is 71.2. The second-order valence-electron chi connectivity index (χ2n) is 12.7. The summed E-state index contributed by atoms with van der Waals surface area (Å²) >= 11 is 0. The van der Waals surface area contributed by atoms with Crippen LogP contribution in [0.4, 0.5) is 0 Å². The molecule has 0 spiro atoms. The van der Waals surface area contributed by atoms with E-state index in [9.17, 15) is 28.8 Å². The Kier molecular flexibility index (Phi) is 17.1. The predicted octanol–water partition coefficient (Wildman–Crippen LogP) is 5.31. The molecule has 0 amide bonds. The van der Waals surface area contributed by atoms with Gasteiger partial charge in [-0.05, 0) is 60.4 Å². The number of ether oxygens (including phenoxy) is 9. The van der Waals surface area contributed by atoms with Gasteiger partial charge in [-0.25, -0.2) is 0 Å². The van der Waals surface area contributed by atoms with Crippen molar-refractivity contribution in [3.63, 3.8) is 0 Å². The Morgan fingerprint density at radius 2 is 0.964 bits per heavy atom. The van der Waals surface area contributed by atoms with Crippen molar-refractivity contribution >= 4 is 35.8 Å². The highest BCUT2D eigenvalue weighted by Gasteiger charge is 2.31. The molecule has 0 bridgehead atoms. The lowest BCUT2D eigenvalue weighted by atomic mass is 9.83. The topological polar surface area (TPSA) is 185 Å². The van der Waals surface area contributed by atoms with Gasteiger partial charge >= 0.3 is 35.8 Å². The van der Waals surface area contributed by atoms with Gasteiger partial charge in [0.05, 0.1) is 27.4 Å². The summed E-state index contributed by atoms with van der Waals surface area (Å²) in [6.45, 7) is 7.37. The van der Waals surface area contributed by atoms with Gasteiger partial charge in [-0.3, -0.25) is 28.8 Å². The normalized spacial score (nSPS) is 12.8. The Morgan fingerprint density at radius 1 is 0.500 bits per heavy atom. The lowest BCUT2D eigenvalue weighted by Crippen LogP contribution is -2.34. The van der Waals surface area contributed by atoms with E-state index in [1.807, 2.05) is 0 Å². The monoisotopic (exact) mass is 780 g/mol. The van der Waals surface area contributed by atoms with E-state index in [2.05, 4.69) is 0 Å². The zero-order valence-electron chi connectivity index (χ0n) is 32.7. The standard InChI is InChI=1S/C41H48O15/c1-24(42)50-21-33(34(22-51-25(2)43)18-31-11-15-36(53-27(4)45)38(19-31)48-7)17-30-9-13-35(14-10-30)56-40(23-52-26(3)44)41(55-29(6)47)32-12-16-37(54-28(5)46)39(20-32)49-8/h9-16,19-20,33-34,40-41H,17-18,21-23H2,1-8H3/t33-,34-,40+,41+/m0/s1. The molecule has 0 aliphatic rings. The first-order chi connectivity index (χ1) is 26.6. The van der Waals surface area contributed by atoms with Crippen LogP contribution in [0.5, 0.6) is 28.7 Å². The summed E-state index contributed by atoms with van der Waals surface area (Å²) < 4.78 is 49.5.